The van der Waals surface area contributed by atoms with E-state index < -0.39 is 0 Å². The van der Waals surface area contributed by atoms with Gasteiger partial charge in [0.1, 0.15) is 4.34 Å². The highest BCUT2D eigenvalue weighted by Gasteiger charge is 2.18. The summed E-state index contributed by atoms with van der Waals surface area (Å²) in [5, 5.41) is 4.20. The predicted octanol–water partition coefficient (Wildman–Crippen LogP) is 4.32. The van der Waals surface area contributed by atoms with Gasteiger partial charge >= 0.3 is 0 Å². The molecule has 0 unspecified atom stereocenters. The zero-order chi connectivity index (χ0) is 14.0. The molecule has 0 spiro atoms. The van der Waals surface area contributed by atoms with Crippen LogP contribution < -0.4 is 0 Å². The van der Waals surface area contributed by atoms with Crippen LogP contribution in [0.15, 0.2) is 18.5 Å². The summed E-state index contributed by atoms with van der Waals surface area (Å²) >= 11 is 7.85. The Hall–Kier alpha value is -1.24. The molecule has 0 aliphatic heterocycles. The molecule has 19 heavy (non-hydrogen) atoms. The summed E-state index contributed by atoms with van der Waals surface area (Å²) in [6.45, 7) is 9.44. The lowest BCUT2D eigenvalue weighted by Crippen LogP contribution is -2.07. The van der Waals surface area contributed by atoms with Crippen LogP contribution in [0.1, 0.15) is 43.7 Å². The van der Waals surface area contributed by atoms with Crippen molar-refractivity contribution >= 4 is 22.9 Å². The van der Waals surface area contributed by atoms with Gasteiger partial charge in [0.25, 0.3) is 0 Å². The van der Waals surface area contributed by atoms with E-state index in [1.807, 2.05) is 10.9 Å². The van der Waals surface area contributed by atoms with Crippen molar-refractivity contribution in [2.45, 2.75) is 39.7 Å². The molecule has 0 aliphatic rings. The third kappa shape index (κ3) is 3.40. The summed E-state index contributed by atoms with van der Waals surface area (Å²) in [4.78, 5) is 1.26. The first kappa shape index (κ1) is 14.2. The van der Waals surface area contributed by atoms with E-state index in [1.54, 1.807) is 17.5 Å². The first-order valence-electron chi connectivity index (χ1n) is 6.24. The van der Waals surface area contributed by atoms with E-state index in [9.17, 15) is 0 Å². The maximum Gasteiger partial charge on any atom is 0.109 e. The van der Waals surface area contributed by atoms with Crippen molar-refractivity contribution in [3.8, 4) is 11.8 Å². The minimum Gasteiger partial charge on any atom is -0.272 e. The zero-order valence-electron chi connectivity index (χ0n) is 11.6. The van der Waals surface area contributed by atoms with Gasteiger partial charge in [-0.3, -0.25) is 4.68 Å². The molecule has 0 atom stereocenters. The summed E-state index contributed by atoms with van der Waals surface area (Å²) in [5.74, 6) is 6.24. The van der Waals surface area contributed by atoms with Gasteiger partial charge in [-0.05, 0) is 18.4 Å². The lowest BCUT2D eigenvalue weighted by atomic mass is 9.94. The highest BCUT2D eigenvalue weighted by Crippen LogP contribution is 2.35. The lowest BCUT2D eigenvalue weighted by molar-refractivity contribution is 0.604. The molecule has 2 aromatic rings. The topological polar surface area (TPSA) is 17.8 Å². The molecule has 2 aromatic heterocycles. The van der Waals surface area contributed by atoms with Crippen LogP contribution in [-0.2, 0) is 12.0 Å². The molecule has 0 saturated heterocycles. The Morgan fingerprint density at radius 1 is 1.37 bits per heavy atom. The van der Waals surface area contributed by atoms with Gasteiger partial charge in [0.05, 0.1) is 17.3 Å². The third-order valence-electron chi connectivity index (χ3n) is 2.72. The minimum absolute atomic E-state index is 0.112. The number of aryl methyl sites for hydroxylation is 1. The van der Waals surface area contributed by atoms with Crippen molar-refractivity contribution in [2.24, 2.45) is 0 Å². The maximum atomic E-state index is 6.24. The van der Waals surface area contributed by atoms with E-state index in [2.05, 4.69) is 50.7 Å². The molecular weight excluding hydrogens is 276 g/mol. The molecule has 2 heterocycles. The van der Waals surface area contributed by atoms with Crippen LogP contribution >= 0.6 is 22.9 Å². The van der Waals surface area contributed by atoms with Gasteiger partial charge in [0.2, 0.25) is 0 Å². The van der Waals surface area contributed by atoms with Gasteiger partial charge in [-0.15, -0.1) is 11.3 Å². The fourth-order valence-corrected chi connectivity index (χ4v) is 2.81. The molecule has 0 radical (unpaired) electrons. The van der Waals surface area contributed by atoms with Crippen LogP contribution in [0.2, 0.25) is 4.34 Å². The second-order valence-corrected chi connectivity index (χ2v) is 7.04. The monoisotopic (exact) mass is 292 g/mol. The van der Waals surface area contributed by atoms with Crippen LogP contribution in [0.5, 0.6) is 0 Å². The van der Waals surface area contributed by atoms with Gasteiger partial charge < -0.3 is 0 Å². The molecule has 0 bridgehead atoms. The summed E-state index contributed by atoms with van der Waals surface area (Å²) in [6, 6.07) is 2.09. The normalized spacial score (nSPS) is 11.2. The first-order chi connectivity index (χ1) is 8.90. The van der Waals surface area contributed by atoms with Crippen LogP contribution in [0.4, 0.5) is 0 Å². The summed E-state index contributed by atoms with van der Waals surface area (Å²) in [5.41, 5.74) is 1.93. The molecule has 2 nitrogen and oxygen atoms in total. The molecule has 4 heteroatoms. The minimum atomic E-state index is 0.112. The molecule has 0 fully saturated rings. The van der Waals surface area contributed by atoms with E-state index >= 15 is 0 Å². The van der Waals surface area contributed by atoms with Gasteiger partial charge in [0, 0.05) is 17.6 Å². The smallest absolute Gasteiger partial charge is 0.109 e. The average molecular weight is 293 g/mol. The quantitative estimate of drug-likeness (QED) is 0.716. The molecule has 2 rings (SSSR count). The van der Waals surface area contributed by atoms with Crippen molar-refractivity contribution in [2.75, 3.05) is 0 Å². The van der Waals surface area contributed by atoms with Gasteiger partial charge in [-0.25, -0.2) is 0 Å². The van der Waals surface area contributed by atoms with Crippen molar-refractivity contribution in [1.29, 1.82) is 0 Å². The second kappa shape index (κ2) is 5.40. The Bertz CT molecular complexity index is 635. The number of aromatic nitrogens is 2. The van der Waals surface area contributed by atoms with E-state index in [0.717, 1.165) is 22.0 Å². The van der Waals surface area contributed by atoms with Gasteiger partial charge in [-0.1, -0.05) is 44.2 Å². The maximum absolute atomic E-state index is 6.24. The van der Waals surface area contributed by atoms with E-state index in [4.69, 9.17) is 11.6 Å². The highest BCUT2D eigenvalue weighted by atomic mass is 35.5. The highest BCUT2D eigenvalue weighted by molar-refractivity contribution is 7.16. The number of nitrogens with zero attached hydrogens (tertiary/aromatic N) is 2. The molecule has 0 amide bonds. The fourth-order valence-electron chi connectivity index (χ4n) is 1.56. The Balaban J connectivity index is 2.27. The molecule has 0 aromatic carbocycles. The standard InChI is InChI=1S/C15H17ClN2S/c1-5-18-10-11(9-17-18)6-7-12-8-13(15(2,3)4)19-14(12)16/h8-10H,5H2,1-4H3. The van der Waals surface area contributed by atoms with Crippen molar-refractivity contribution in [1.82, 2.24) is 9.78 Å². The zero-order valence-corrected chi connectivity index (χ0v) is 13.2. The SMILES string of the molecule is CCn1cc(C#Cc2cc(C(C)(C)C)sc2Cl)cn1. The number of rotatable bonds is 1. The number of hydrogen-bond donors (Lipinski definition) is 0. The van der Waals surface area contributed by atoms with Crippen molar-refractivity contribution in [3.05, 3.63) is 38.8 Å². The Labute approximate surface area is 123 Å². The number of thiophene rings is 1. The third-order valence-corrected chi connectivity index (χ3v) is 4.51. The van der Waals surface area contributed by atoms with E-state index in [1.165, 1.54) is 4.88 Å². The van der Waals surface area contributed by atoms with Crippen molar-refractivity contribution < 1.29 is 0 Å². The Kier molecular flexibility index (Phi) is 4.03. The summed E-state index contributed by atoms with van der Waals surface area (Å²) in [6.07, 6.45) is 3.72. The van der Waals surface area contributed by atoms with E-state index in [-0.39, 0.29) is 5.41 Å². The second-order valence-electron chi connectivity index (χ2n) is 5.38. The first-order valence-corrected chi connectivity index (χ1v) is 7.44. The van der Waals surface area contributed by atoms with Crippen LogP contribution in [0.3, 0.4) is 0 Å². The van der Waals surface area contributed by atoms with Crippen LogP contribution in [0, 0.1) is 11.8 Å². The summed E-state index contributed by atoms with van der Waals surface area (Å²) in [7, 11) is 0. The summed E-state index contributed by atoms with van der Waals surface area (Å²) < 4.78 is 2.63. The molecule has 0 aliphatic carbocycles. The number of hydrogen-bond acceptors (Lipinski definition) is 2. The molecule has 0 N–H and O–H groups in total. The Morgan fingerprint density at radius 2 is 2.11 bits per heavy atom. The molecular formula is C15H17ClN2S. The van der Waals surface area contributed by atoms with Gasteiger partial charge in [-0.2, -0.15) is 5.10 Å². The predicted molar refractivity (Wildman–Crippen MR) is 81.9 cm³/mol. The molecule has 100 valence electrons. The fraction of sp³-hybridized carbons (Fsp3) is 0.400. The van der Waals surface area contributed by atoms with Crippen LogP contribution in [-0.4, -0.2) is 9.78 Å². The lowest BCUT2D eigenvalue weighted by Gasteiger charge is -2.14. The van der Waals surface area contributed by atoms with Crippen LogP contribution in [0.25, 0.3) is 0 Å². The number of halogens is 1. The Morgan fingerprint density at radius 3 is 2.63 bits per heavy atom. The van der Waals surface area contributed by atoms with Crippen molar-refractivity contribution in [3.63, 3.8) is 0 Å². The largest absolute Gasteiger partial charge is 0.272 e. The van der Waals surface area contributed by atoms with E-state index in [0.29, 0.717) is 0 Å². The molecule has 0 saturated carbocycles. The average Bonchev–Trinajstić information content (AvgIpc) is 2.92. The van der Waals surface area contributed by atoms with Gasteiger partial charge in [0.15, 0.2) is 0 Å².